The normalized spacial score (nSPS) is 10.6. The molecule has 6 heteroatoms. The van der Waals surface area contributed by atoms with E-state index in [1.807, 2.05) is 19.2 Å². The zero-order chi connectivity index (χ0) is 15.1. The van der Waals surface area contributed by atoms with Gasteiger partial charge < -0.3 is 9.15 Å². The molecule has 1 amide bonds. The Labute approximate surface area is 123 Å². The lowest BCUT2D eigenvalue weighted by atomic mass is 10.2. The van der Waals surface area contributed by atoms with E-state index >= 15 is 0 Å². The number of amides is 1. The molecule has 0 bridgehead atoms. The van der Waals surface area contributed by atoms with Crippen molar-refractivity contribution in [3.63, 3.8) is 0 Å². The standard InChI is InChI=1S/C15H19N3O3/c1-18(11-14-3-2-9-20-14)8-10-21-13-6-4-12(5-7-13)15(19)17-16/h2-7,9H,8,10-11,16H2,1H3,(H,17,19). The number of hydrazine groups is 1. The number of furan rings is 1. The third kappa shape index (κ3) is 4.62. The molecule has 2 aromatic rings. The first kappa shape index (κ1) is 15.1. The smallest absolute Gasteiger partial charge is 0.265 e. The number of ether oxygens (including phenoxy) is 1. The minimum Gasteiger partial charge on any atom is -0.492 e. The Bertz CT molecular complexity index is 552. The lowest BCUT2D eigenvalue weighted by Crippen LogP contribution is -2.29. The first-order chi connectivity index (χ1) is 10.2. The third-order valence-electron chi connectivity index (χ3n) is 3.00. The molecule has 112 valence electrons. The van der Waals surface area contributed by atoms with Gasteiger partial charge in [-0.1, -0.05) is 0 Å². The zero-order valence-corrected chi connectivity index (χ0v) is 11.9. The Morgan fingerprint density at radius 2 is 2.10 bits per heavy atom. The lowest BCUT2D eigenvalue weighted by molar-refractivity contribution is 0.0953. The maximum Gasteiger partial charge on any atom is 0.265 e. The van der Waals surface area contributed by atoms with Crippen LogP contribution < -0.4 is 16.0 Å². The van der Waals surface area contributed by atoms with Gasteiger partial charge in [-0.2, -0.15) is 0 Å². The SMILES string of the molecule is CN(CCOc1ccc(C(=O)NN)cc1)Cc1ccco1. The van der Waals surface area contributed by atoms with E-state index in [4.69, 9.17) is 15.0 Å². The van der Waals surface area contributed by atoms with Crippen LogP contribution in [0.1, 0.15) is 16.1 Å². The second-order valence-corrected chi connectivity index (χ2v) is 4.66. The second kappa shape index (κ2) is 7.47. The van der Waals surface area contributed by atoms with Crippen molar-refractivity contribution >= 4 is 5.91 Å². The highest BCUT2D eigenvalue weighted by molar-refractivity contribution is 5.93. The van der Waals surface area contributed by atoms with Crippen LogP contribution in [0.2, 0.25) is 0 Å². The van der Waals surface area contributed by atoms with E-state index in [9.17, 15) is 4.79 Å². The van der Waals surface area contributed by atoms with Crippen LogP contribution >= 0.6 is 0 Å². The largest absolute Gasteiger partial charge is 0.492 e. The maximum atomic E-state index is 11.3. The maximum absolute atomic E-state index is 11.3. The molecule has 1 aromatic heterocycles. The number of nitrogens with one attached hydrogen (secondary N) is 1. The van der Waals surface area contributed by atoms with Gasteiger partial charge in [0.1, 0.15) is 18.1 Å². The molecule has 0 aliphatic rings. The van der Waals surface area contributed by atoms with Gasteiger partial charge in [-0.05, 0) is 43.4 Å². The van der Waals surface area contributed by atoms with Crippen LogP contribution in [0, 0.1) is 0 Å². The quantitative estimate of drug-likeness (QED) is 0.457. The Balaban J connectivity index is 1.74. The van der Waals surface area contributed by atoms with Crippen LogP contribution in [0.3, 0.4) is 0 Å². The number of carbonyl (C=O) groups is 1. The molecule has 0 aliphatic carbocycles. The van der Waals surface area contributed by atoms with E-state index in [1.54, 1.807) is 30.5 Å². The van der Waals surface area contributed by atoms with Gasteiger partial charge in [0.15, 0.2) is 0 Å². The van der Waals surface area contributed by atoms with Crippen molar-refractivity contribution in [2.24, 2.45) is 5.84 Å². The molecule has 0 atom stereocenters. The van der Waals surface area contributed by atoms with E-state index in [1.165, 1.54) is 0 Å². The van der Waals surface area contributed by atoms with Crippen molar-refractivity contribution < 1.29 is 13.9 Å². The van der Waals surface area contributed by atoms with Crippen LogP contribution in [0.4, 0.5) is 0 Å². The molecule has 0 fully saturated rings. The molecule has 6 nitrogen and oxygen atoms in total. The summed E-state index contributed by atoms with van der Waals surface area (Å²) in [6, 6.07) is 10.7. The van der Waals surface area contributed by atoms with Gasteiger partial charge in [0.2, 0.25) is 0 Å². The summed E-state index contributed by atoms with van der Waals surface area (Å²) in [6.45, 7) is 2.07. The Kier molecular flexibility index (Phi) is 5.36. The average Bonchev–Trinajstić information content (AvgIpc) is 3.00. The number of likely N-dealkylation sites (N-methyl/N-ethyl adjacent to an activating group) is 1. The summed E-state index contributed by atoms with van der Waals surface area (Å²) in [5.74, 6) is 6.39. The Hall–Kier alpha value is -2.31. The van der Waals surface area contributed by atoms with Gasteiger partial charge in [-0.3, -0.25) is 15.1 Å². The topological polar surface area (TPSA) is 80.7 Å². The van der Waals surface area contributed by atoms with Gasteiger partial charge in [-0.15, -0.1) is 0 Å². The molecule has 0 saturated carbocycles. The molecule has 0 radical (unpaired) electrons. The van der Waals surface area contributed by atoms with Gasteiger partial charge in [-0.25, -0.2) is 5.84 Å². The molecule has 3 N–H and O–H groups in total. The molecule has 1 heterocycles. The molecule has 2 rings (SSSR count). The summed E-state index contributed by atoms with van der Waals surface area (Å²) >= 11 is 0. The van der Waals surface area contributed by atoms with Crippen molar-refractivity contribution in [1.82, 2.24) is 10.3 Å². The number of nitrogens with two attached hydrogens (primary N) is 1. The summed E-state index contributed by atoms with van der Waals surface area (Å²) in [5.41, 5.74) is 2.58. The third-order valence-corrected chi connectivity index (χ3v) is 3.00. The van der Waals surface area contributed by atoms with Gasteiger partial charge in [0.05, 0.1) is 12.8 Å². The fraction of sp³-hybridized carbons (Fsp3) is 0.267. The van der Waals surface area contributed by atoms with Gasteiger partial charge >= 0.3 is 0 Å². The average molecular weight is 289 g/mol. The highest BCUT2D eigenvalue weighted by Gasteiger charge is 2.05. The van der Waals surface area contributed by atoms with Crippen molar-refractivity contribution in [3.05, 3.63) is 54.0 Å². The molecule has 21 heavy (non-hydrogen) atoms. The number of carbonyl (C=O) groups excluding carboxylic acids is 1. The van der Waals surface area contributed by atoms with Crippen LogP contribution in [0.15, 0.2) is 47.1 Å². The van der Waals surface area contributed by atoms with E-state index in [-0.39, 0.29) is 5.91 Å². The number of rotatable bonds is 7. The van der Waals surface area contributed by atoms with Crippen LogP contribution in [0.25, 0.3) is 0 Å². The van der Waals surface area contributed by atoms with Crippen LogP contribution in [-0.2, 0) is 6.54 Å². The zero-order valence-electron chi connectivity index (χ0n) is 11.9. The van der Waals surface area contributed by atoms with Crippen molar-refractivity contribution in [2.75, 3.05) is 20.2 Å². The van der Waals surface area contributed by atoms with Gasteiger partial charge in [0, 0.05) is 12.1 Å². The van der Waals surface area contributed by atoms with Gasteiger partial charge in [0.25, 0.3) is 5.91 Å². The number of hydrogen-bond acceptors (Lipinski definition) is 5. The fourth-order valence-electron chi connectivity index (χ4n) is 1.85. The predicted octanol–water partition coefficient (Wildman–Crippen LogP) is 1.39. The highest BCUT2D eigenvalue weighted by atomic mass is 16.5. The fourth-order valence-corrected chi connectivity index (χ4v) is 1.85. The van der Waals surface area contributed by atoms with Crippen LogP contribution in [-0.4, -0.2) is 31.0 Å². The van der Waals surface area contributed by atoms with E-state index in [0.717, 1.165) is 24.6 Å². The second-order valence-electron chi connectivity index (χ2n) is 4.66. The summed E-state index contributed by atoms with van der Waals surface area (Å²) in [6.07, 6.45) is 1.67. The molecule has 1 aromatic carbocycles. The summed E-state index contributed by atoms with van der Waals surface area (Å²) in [4.78, 5) is 13.4. The van der Waals surface area contributed by atoms with E-state index in [0.29, 0.717) is 12.2 Å². The molecule has 0 spiro atoms. The summed E-state index contributed by atoms with van der Waals surface area (Å²) < 4.78 is 10.9. The predicted molar refractivity (Wildman–Crippen MR) is 78.6 cm³/mol. The van der Waals surface area contributed by atoms with Crippen molar-refractivity contribution in [3.8, 4) is 5.75 Å². The van der Waals surface area contributed by atoms with Crippen molar-refractivity contribution in [1.29, 1.82) is 0 Å². The Morgan fingerprint density at radius 1 is 1.33 bits per heavy atom. The van der Waals surface area contributed by atoms with Crippen molar-refractivity contribution in [2.45, 2.75) is 6.54 Å². The number of nitrogens with zero attached hydrogens (tertiary/aromatic N) is 1. The van der Waals surface area contributed by atoms with E-state index < -0.39 is 0 Å². The first-order valence-electron chi connectivity index (χ1n) is 6.64. The minimum atomic E-state index is -0.320. The Morgan fingerprint density at radius 3 is 2.71 bits per heavy atom. The molecular formula is C15H19N3O3. The first-order valence-corrected chi connectivity index (χ1v) is 6.64. The molecular weight excluding hydrogens is 270 g/mol. The molecule has 0 aliphatic heterocycles. The number of nitrogen functional groups attached to an aromatic ring is 1. The number of hydrogen-bond donors (Lipinski definition) is 2. The van der Waals surface area contributed by atoms with Crippen LogP contribution in [0.5, 0.6) is 5.75 Å². The number of benzene rings is 1. The van der Waals surface area contributed by atoms with E-state index in [2.05, 4.69) is 10.3 Å². The molecule has 0 unspecified atom stereocenters. The lowest BCUT2D eigenvalue weighted by Gasteiger charge is -2.15. The monoisotopic (exact) mass is 289 g/mol. The minimum absolute atomic E-state index is 0.320. The summed E-state index contributed by atoms with van der Waals surface area (Å²) in [7, 11) is 2.00. The summed E-state index contributed by atoms with van der Waals surface area (Å²) in [5, 5.41) is 0. The highest BCUT2D eigenvalue weighted by Crippen LogP contribution is 2.12. The molecule has 0 saturated heterocycles.